The smallest absolute Gasteiger partial charge is 0.257 e. The summed E-state index contributed by atoms with van der Waals surface area (Å²) in [5.41, 5.74) is 2.98. The first-order valence-corrected chi connectivity index (χ1v) is 8.75. The van der Waals surface area contributed by atoms with E-state index in [0.29, 0.717) is 18.5 Å². The maximum Gasteiger partial charge on any atom is 0.257 e. The lowest BCUT2D eigenvalue weighted by atomic mass is 10.1. The summed E-state index contributed by atoms with van der Waals surface area (Å²) in [4.78, 5) is 14.6. The van der Waals surface area contributed by atoms with Crippen molar-refractivity contribution in [3.8, 4) is 11.4 Å². The van der Waals surface area contributed by atoms with Gasteiger partial charge in [-0.15, -0.1) is 0 Å². The zero-order valence-corrected chi connectivity index (χ0v) is 15.6. The van der Waals surface area contributed by atoms with E-state index in [4.69, 9.17) is 4.74 Å². The summed E-state index contributed by atoms with van der Waals surface area (Å²) >= 11 is 0. The van der Waals surface area contributed by atoms with Gasteiger partial charge in [0.2, 0.25) is 0 Å². The zero-order valence-electron chi connectivity index (χ0n) is 15.6. The molecule has 0 unspecified atom stereocenters. The van der Waals surface area contributed by atoms with Crippen molar-refractivity contribution in [2.75, 3.05) is 14.2 Å². The third-order valence-electron chi connectivity index (χ3n) is 4.45. The van der Waals surface area contributed by atoms with Crippen molar-refractivity contribution in [3.63, 3.8) is 0 Å². The summed E-state index contributed by atoms with van der Waals surface area (Å²) in [7, 11) is 3.37. The molecule has 0 saturated carbocycles. The molecule has 6 heteroatoms. The highest BCUT2D eigenvalue weighted by molar-refractivity contribution is 5.95. The topological polar surface area (TPSA) is 47.4 Å². The summed E-state index contributed by atoms with van der Waals surface area (Å²) in [5.74, 6) is 0.317. The van der Waals surface area contributed by atoms with Crippen LogP contribution < -0.4 is 4.74 Å². The van der Waals surface area contributed by atoms with Crippen LogP contribution in [0.2, 0.25) is 0 Å². The third-order valence-corrected chi connectivity index (χ3v) is 4.45. The number of halogens is 1. The van der Waals surface area contributed by atoms with E-state index in [1.54, 1.807) is 42.1 Å². The number of para-hydroxylation sites is 1. The molecule has 0 saturated heterocycles. The maximum absolute atomic E-state index is 13.2. The van der Waals surface area contributed by atoms with Gasteiger partial charge in [-0.2, -0.15) is 5.10 Å². The standard InChI is InChI=1S/C21H22FN3O2/c1-4-19-18(13-23-25(19)17-11-9-16(22)10-12-17)21(26)24(2)14-15-7-5-6-8-20(15)27-3/h5-13H,4,14H2,1-3H3. The highest BCUT2D eigenvalue weighted by atomic mass is 19.1. The van der Waals surface area contributed by atoms with E-state index in [1.165, 1.54) is 12.1 Å². The van der Waals surface area contributed by atoms with E-state index in [9.17, 15) is 9.18 Å². The molecule has 1 amide bonds. The van der Waals surface area contributed by atoms with Crippen LogP contribution in [0.15, 0.2) is 54.7 Å². The molecule has 3 aromatic rings. The Morgan fingerprint density at radius 3 is 2.56 bits per heavy atom. The number of hydrogen-bond acceptors (Lipinski definition) is 3. The number of amides is 1. The van der Waals surface area contributed by atoms with Crippen LogP contribution in [0.25, 0.3) is 5.69 Å². The average molecular weight is 367 g/mol. The van der Waals surface area contributed by atoms with Crippen molar-refractivity contribution >= 4 is 5.91 Å². The summed E-state index contributed by atoms with van der Waals surface area (Å²) in [6, 6.07) is 13.7. The normalized spacial score (nSPS) is 10.7. The van der Waals surface area contributed by atoms with Gasteiger partial charge in [-0.1, -0.05) is 25.1 Å². The highest BCUT2D eigenvalue weighted by Gasteiger charge is 2.21. The van der Waals surface area contributed by atoms with Crippen LogP contribution in [0.4, 0.5) is 4.39 Å². The molecule has 5 nitrogen and oxygen atoms in total. The second-order valence-corrected chi connectivity index (χ2v) is 6.22. The summed E-state index contributed by atoms with van der Waals surface area (Å²) < 4.78 is 20.2. The Balaban J connectivity index is 1.87. The van der Waals surface area contributed by atoms with Crippen molar-refractivity contribution in [2.24, 2.45) is 0 Å². The van der Waals surface area contributed by atoms with Gasteiger partial charge < -0.3 is 9.64 Å². The molecule has 0 bridgehead atoms. The molecule has 0 fully saturated rings. The molecule has 0 aliphatic carbocycles. The fraction of sp³-hybridized carbons (Fsp3) is 0.238. The highest BCUT2D eigenvalue weighted by Crippen LogP contribution is 2.21. The Morgan fingerprint density at radius 1 is 1.19 bits per heavy atom. The molecule has 0 aliphatic heterocycles. The second kappa shape index (κ2) is 8.03. The molecule has 1 aromatic heterocycles. The summed E-state index contributed by atoms with van der Waals surface area (Å²) in [6.07, 6.45) is 2.20. The summed E-state index contributed by atoms with van der Waals surface area (Å²) in [6.45, 7) is 2.39. The van der Waals surface area contributed by atoms with E-state index < -0.39 is 0 Å². The molecule has 1 heterocycles. The maximum atomic E-state index is 13.2. The lowest BCUT2D eigenvalue weighted by Gasteiger charge is -2.19. The molecule has 2 aromatic carbocycles. The van der Waals surface area contributed by atoms with Crippen LogP contribution in [0.1, 0.15) is 28.5 Å². The van der Waals surface area contributed by atoms with E-state index in [2.05, 4.69) is 5.10 Å². The third kappa shape index (κ3) is 3.84. The first kappa shape index (κ1) is 18.6. The molecule has 0 radical (unpaired) electrons. The van der Waals surface area contributed by atoms with E-state index in [-0.39, 0.29) is 11.7 Å². The van der Waals surface area contributed by atoms with E-state index in [0.717, 1.165) is 22.7 Å². The minimum atomic E-state index is -0.309. The van der Waals surface area contributed by atoms with Gasteiger partial charge in [-0.25, -0.2) is 9.07 Å². The van der Waals surface area contributed by atoms with Gasteiger partial charge in [0.25, 0.3) is 5.91 Å². The molecular formula is C21H22FN3O2. The number of benzene rings is 2. The molecule has 0 aliphatic rings. The number of carbonyl (C=O) groups excluding carboxylic acids is 1. The Morgan fingerprint density at radius 2 is 1.89 bits per heavy atom. The molecule has 3 rings (SSSR count). The van der Waals surface area contributed by atoms with E-state index in [1.807, 2.05) is 31.2 Å². The largest absolute Gasteiger partial charge is 0.496 e. The van der Waals surface area contributed by atoms with Crippen molar-refractivity contribution in [3.05, 3.63) is 77.4 Å². The van der Waals surface area contributed by atoms with Gasteiger partial charge in [0.1, 0.15) is 11.6 Å². The van der Waals surface area contributed by atoms with Crippen molar-refractivity contribution in [1.29, 1.82) is 0 Å². The van der Waals surface area contributed by atoms with Gasteiger partial charge >= 0.3 is 0 Å². The second-order valence-electron chi connectivity index (χ2n) is 6.22. The Kier molecular flexibility index (Phi) is 5.54. The number of nitrogens with zero attached hydrogens (tertiary/aromatic N) is 3. The number of carbonyl (C=O) groups is 1. The number of rotatable bonds is 6. The number of aromatic nitrogens is 2. The first-order chi connectivity index (χ1) is 13.0. The quantitative estimate of drug-likeness (QED) is 0.665. The SMILES string of the molecule is CCc1c(C(=O)N(C)Cc2ccccc2OC)cnn1-c1ccc(F)cc1. The van der Waals surface area contributed by atoms with E-state index >= 15 is 0 Å². The lowest BCUT2D eigenvalue weighted by molar-refractivity contribution is 0.0783. The van der Waals surface area contributed by atoms with Crippen LogP contribution in [0, 0.1) is 5.82 Å². The van der Waals surface area contributed by atoms with Crippen molar-refractivity contribution in [1.82, 2.24) is 14.7 Å². The molecule has 140 valence electrons. The molecule has 0 spiro atoms. The Hall–Kier alpha value is -3.15. The van der Waals surface area contributed by atoms with Crippen LogP contribution in [-0.4, -0.2) is 34.7 Å². The van der Waals surface area contributed by atoms with Crippen LogP contribution in [0.5, 0.6) is 5.75 Å². The molecule has 27 heavy (non-hydrogen) atoms. The van der Waals surface area contributed by atoms with Crippen LogP contribution >= 0.6 is 0 Å². The molecule has 0 N–H and O–H groups in total. The first-order valence-electron chi connectivity index (χ1n) is 8.75. The number of methoxy groups -OCH3 is 1. The average Bonchev–Trinajstić information content (AvgIpc) is 3.12. The van der Waals surface area contributed by atoms with Gasteiger partial charge in [-0.05, 0) is 36.8 Å². The van der Waals surface area contributed by atoms with Gasteiger partial charge in [0, 0.05) is 19.2 Å². The summed E-state index contributed by atoms with van der Waals surface area (Å²) in [5, 5.41) is 4.35. The fourth-order valence-corrected chi connectivity index (χ4v) is 3.06. The predicted octanol–water partition coefficient (Wildman–Crippen LogP) is 3.85. The lowest BCUT2D eigenvalue weighted by Crippen LogP contribution is -2.27. The number of hydrogen-bond donors (Lipinski definition) is 0. The monoisotopic (exact) mass is 367 g/mol. The Labute approximate surface area is 158 Å². The van der Waals surface area contributed by atoms with Gasteiger partial charge in [-0.3, -0.25) is 4.79 Å². The zero-order chi connectivity index (χ0) is 19.4. The fourth-order valence-electron chi connectivity index (χ4n) is 3.06. The number of ether oxygens (including phenoxy) is 1. The van der Waals surface area contributed by atoms with Crippen LogP contribution in [-0.2, 0) is 13.0 Å². The molecular weight excluding hydrogens is 345 g/mol. The van der Waals surface area contributed by atoms with Crippen LogP contribution in [0.3, 0.4) is 0 Å². The van der Waals surface area contributed by atoms with Crippen molar-refractivity contribution in [2.45, 2.75) is 19.9 Å². The molecule has 0 atom stereocenters. The van der Waals surface area contributed by atoms with Crippen molar-refractivity contribution < 1.29 is 13.9 Å². The van der Waals surface area contributed by atoms with Gasteiger partial charge in [0.05, 0.1) is 30.3 Å². The minimum absolute atomic E-state index is 0.119. The Bertz CT molecular complexity index is 935. The predicted molar refractivity (Wildman–Crippen MR) is 102 cm³/mol. The minimum Gasteiger partial charge on any atom is -0.496 e. The van der Waals surface area contributed by atoms with Gasteiger partial charge in [0.15, 0.2) is 0 Å².